The molecule has 0 aliphatic rings. The first-order valence-electron chi connectivity index (χ1n) is 9.93. The smallest absolute Gasteiger partial charge is 0.262 e. The molecule has 1 amide bonds. The SMILES string of the molecule is COc1ccccc1OCC(=O)Nc1ccc2c(=O)n(Cc3ccc(Cl)c(Cl)c3)cnc2c1. The highest BCUT2D eigenvalue weighted by Gasteiger charge is 2.10. The van der Waals surface area contributed by atoms with Crippen LogP contribution in [0, 0.1) is 0 Å². The molecule has 3 aromatic carbocycles. The van der Waals surface area contributed by atoms with Crippen LogP contribution in [0.1, 0.15) is 5.56 Å². The Hall–Kier alpha value is -3.55. The number of carbonyl (C=O) groups excluding carboxylic acids is 1. The average Bonchev–Trinajstić information content (AvgIpc) is 2.82. The monoisotopic (exact) mass is 483 g/mol. The molecule has 4 aromatic rings. The largest absolute Gasteiger partial charge is 0.493 e. The molecule has 0 radical (unpaired) electrons. The number of rotatable bonds is 7. The van der Waals surface area contributed by atoms with Gasteiger partial charge in [0.25, 0.3) is 11.5 Å². The lowest BCUT2D eigenvalue weighted by Gasteiger charge is -2.11. The van der Waals surface area contributed by atoms with E-state index in [4.69, 9.17) is 32.7 Å². The molecule has 0 fully saturated rings. The van der Waals surface area contributed by atoms with Crippen LogP contribution in [-0.4, -0.2) is 29.2 Å². The molecule has 1 heterocycles. The standard InChI is InChI=1S/C24H19Cl2N3O4/c1-32-21-4-2-3-5-22(21)33-13-23(30)28-16-7-8-17-20(11-16)27-14-29(24(17)31)12-15-6-9-18(25)19(26)10-15/h2-11,14H,12-13H2,1H3,(H,28,30). The van der Waals surface area contributed by atoms with Crippen LogP contribution in [0.15, 0.2) is 71.8 Å². The van der Waals surface area contributed by atoms with Gasteiger partial charge < -0.3 is 14.8 Å². The molecule has 1 aromatic heterocycles. The summed E-state index contributed by atoms with van der Waals surface area (Å²) in [6.07, 6.45) is 1.46. The lowest BCUT2D eigenvalue weighted by atomic mass is 10.2. The number of para-hydroxylation sites is 2. The second-order valence-corrected chi connectivity index (χ2v) is 7.96. The van der Waals surface area contributed by atoms with Crippen LogP contribution in [0.25, 0.3) is 10.9 Å². The van der Waals surface area contributed by atoms with Crippen molar-refractivity contribution in [2.45, 2.75) is 6.54 Å². The summed E-state index contributed by atoms with van der Waals surface area (Å²) in [5.41, 5.74) is 1.59. The van der Waals surface area contributed by atoms with Crippen molar-refractivity contribution in [3.05, 3.63) is 93.0 Å². The summed E-state index contributed by atoms with van der Waals surface area (Å²) in [5, 5.41) is 4.05. The van der Waals surface area contributed by atoms with Gasteiger partial charge in [0.05, 0.1) is 40.9 Å². The van der Waals surface area contributed by atoms with Crippen molar-refractivity contribution in [2.75, 3.05) is 19.0 Å². The number of nitrogens with zero attached hydrogens (tertiary/aromatic N) is 2. The molecule has 1 N–H and O–H groups in total. The summed E-state index contributed by atoms with van der Waals surface area (Å²) in [6, 6.07) is 17.2. The fraction of sp³-hybridized carbons (Fsp3) is 0.125. The molecular formula is C24H19Cl2N3O4. The van der Waals surface area contributed by atoms with Crippen LogP contribution in [0.5, 0.6) is 11.5 Å². The molecule has 7 nitrogen and oxygen atoms in total. The minimum Gasteiger partial charge on any atom is -0.493 e. The molecule has 0 unspecified atom stereocenters. The van der Waals surface area contributed by atoms with Crippen LogP contribution in [0.2, 0.25) is 10.0 Å². The molecule has 0 bridgehead atoms. The fourth-order valence-electron chi connectivity index (χ4n) is 3.26. The zero-order chi connectivity index (χ0) is 23.4. The first-order chi connectivity index (χ1) is 15.9. The molecule has 33 heavy (non-hydrogen) atoms. The first-order valence-corrected chi connectivity index (χ1v) is 10.7. The van der Waals surface area contributed by atoms with Crippen molar-refractivity contribution in [1.29, 1.82) is 0 Å². The Morgan fingerprint density at radius 3 is 2.58 bits per heavy atom. The van der Waals surface area contributed by atoms with Gasteiger partial charge in [0, 0.05) is 5.69 Å². The number of ether oxygens (including phenoxy) is 2. The van der Waals surface area contributed by atoms with Crippen LogP contribution in [-0.2, 0) is 11.3 Å². The maximum Gasteiger partial charge on any atom is 0.262 e. The zero-order valence-electron chi connectivity index (χ0n) is 17.5. The Bertz CT molecular complexity index is 1390. The van der Waals surface area contributed by atoms with Gasteiger partial charge in [0.15, 0.2) is 18.1 Å². The number of hydrogen-bond acceptors (Lipinski definition) is 5. The zero-order valence-corrected chi connectivity index (χ0v) is 19.1. The van der Waals surface area contributed by atoms with Crippen molar-refractivity contribution in [3.8, 4) is 11.5 Å². The number of fused-ring (bicyclic) bond motifs is 1. The molecule has 0 aliphatic carbocycles. The van der Waals surface area contributed by atoms with Gasteiger partial charge in [-0.25, -0.2) is 4.98 Å². The van der Waals surface area contributed by atoms with Gasteiger partial charge >= 0.3 is 0 Å². The van der Waals surface area contributed by atoms with E-state index in [1.54, 1.807) is 54.6 Å². The van der Waals surface area contributed by atoms with Crippen LogP contribution < -0.4 is 20.3 Å². The first kappa shape index (κ1) is 22.6. The number of methoxy groups -OCH3 is 1. The summed E-state index contributed by atoms with van der Waals surface area (Å²) in [7, 11) is 1.53. The molecule has 4 rings (SSSR count). The van der Waals surface area contributed by atoms with E-state index in [1.165, 1.54) is 18.0 Å². The van der Waals surface area contributed by atoms with Crippen molar-refractivity contribution >= 4 is 45.7 Å². The number of carbonyl (C=O) groups is 1. The van der Waals surface area contributed by atoms with Gasteiger partial charge in [-0.15, -0.1) is 0 Å². The Morgan fingerprint density at radius 1 is 1.03 bits per heavy atom. The molecule has 0 saturated carbocycles. The molecule has 0 spiro atoms. The summed E-state index contributed by atoms with van der Waals surface area (Å²) in [5.74, 6) is 0.656. The van der Waals surface area contributed by atoms with Gasteiger partial charge in [0.1, 0.15) is 0 Å². The second-order valence-electron chi connectivity index (χ2n) is 7.15. The van der Waals surface area contributed by atoms with E-state index in [0.717, 1.165) is 5.56 Å². The van der Waals surface area contributed by atoms with E-state index in [-0.39, 0.29) is 18.1 Å². The average molecular weight is 484 g/mol. The highest BCUT2D eigenvalue weighted by Crippen LogP contribution is 2.26. The number of benzene rings is 3. The summed E-state index contributed by atoms with van der Waals surface area (Å²) < 4.78 is 12.2. The fourth-order valence-corrected chi connectivity index (χ4v) is 3.58. The highest BCUT2D eigenvalue weighted by atomic mass is 35.5. The highest BCUT2D eigenvalue weighted by molar-refractivity contribution is 6.42. The quantitative estimate of drug-likeness (QED) is 0.409. The third-order valence-corrected chi connectivity index (χ3v) is 5.61. The summed E-state index contributed by atoms with van der Waals surface area (Å²) in [4.78, 5) is 29.6. The predicted octanol–water partition coefficient (Wildman–Crippen LogP) is 4.78. The van der Waals surface area contributed by atoms with E-state index in [9.17, 15) is 9.59 Å². The van der Waals surface area contributed by atoms with E-state index in [2.05, 4.69) is 10.3 Å². The van der Waals surface area contributed by atoms with Gasteiger partial charge in [-0.05, 0) is 48.0 Å². The number of anilines is 1. The minimum absolute atomic E-state index is 0.197. The van der Waals surface area contributed by atoms with Gasteiger partial charge in [0.2, 0.25) is 0 Å². The lowest BCUT2D eigenvalue weighted by molar-refractivity contribution is -0.118. The van der Waals surface area contributed by atoms with Crippen LogP contribution >= 0.6 is 23.2 Å². The summed E-state index contributed by atoms with van der Waals surface area (Å²) >= 11 is 12.0. The second kappa shape index (κ2) is 9.94. The summed E-state index contributed by atoms with van der Waals surface area (Å²) in [6.45, 7) is 0.106. The number of amides is 1. The third-order valence-electron chi connectivity index (χ3n) is 4.87. The van der Waals surface area contributed by atoms with E-state index < -0.39 is 0 Å². The lowest BCUT2D eigenvalue weighted by Crippen LogP contribution is -2.22. The van der Waals surface area contributed by atoms with Crippen molar-refractivity contribution in [3.63, 3.8) is 0 Å². The molecule has 9 heteroatoms. The van der Waals surface area contributed by atoms with Gasteiger partial charge in [-0.1, -0.05) is 41.4 Å². The number of nitrogens with one attached hydrogen (secondary N) is 1. The Kier molecular flexibility index (Phi) is 6.82. The maximum atomic E-state index is 12.9. The van der Waals surface area contributed by atoms with Crippen LogP contribution in [0.4, 0.5) is 5.69 Å². The molecule has 168 valence electrons. The predicted molar refractivity (Wildman–Crippen MR) is 129 cm³/mol. The Morgan fingerprint density at radius 2 is 1.82 bits per heavy atom. The van der Waals surface area contributed by atoms with Gasteiger partial charge in [-0.3, -0.25) is 14.2 Å². The molecule has 0 atom stereocenters. The van der Waals surface area contributed by atoms with Crippen molar-refractivity contribution in [2.24, 2.45) is 0 Å². The molecule has 0 saturated heterocycles. The van der Waals surface area contributed by atoms with Crippen molar-refractivity contribution < 1.29 is 14.3 Å². The molecular weight excluding hydrogens is 465 g/mol. The number of halogens is 2. The number of aromatic nitrogens is 2. The topological polar surface area (TPSA) is 82.5 Å². The van der Waals surface area contributed by atoms with E-state index in [1.807, 2.05) is 6.07 Å². The third kappa shape index (κ3) is 5.27. The maximum absolute atomic E-state index is 12.9. The van der Waals surface area contributed by atoms with E-state index >= 15 is 0 Å². The Labute approximate surface area is 199 Å². The number of hydrogen-bond donors (Lipinski definition) is 1. The molecule has 0 aliphatic heterocycles. The minimum atomic E-state index is -0.354. The van der Waals surface area contributed by atoms with Gasteiger partial charge in [-0.2, -0.15) is 0 Å². The Balaban J connectivity index is 1.46. The normalized spacial score (nSPS) is 10.8. The van der Waals surface area contributed by atoms with Crippen molar-refractivity contribution in [1.82, 2.24) is 9.55 Å². The van der Waals surface area contributed by atoms with Crippen LogP contribution in [0.3, 0.4) is 0 Å². The van der Waals surface area contributed by atoms with E-state index in [0.29, 0.717) is 44.7 Å².